The highest BCUT2D eigenvalue weighted by molar-refractivity contribution is 5.93. The minimum Gasteiger partial charge on any atom is -0.476 e. The van der Waals surface area contributed by atoms with Gasteiger partial charge < -0.3 is 5.11 Å². The van der Waals surface area contributed by atoms with E-state index in [-0.39, 0.29) is 11.4 Å². The van der Waals surface area contributed by atoms with Crippen LogP contribution in [0.5, 0.6) is 0 Å². The van der Waals surface area contributed by atoms with Crippen molar-refractivity contribution in [3.8, 4) is 5.69 Å². The molecule has 3 rings (SSSR count). The fourth-order valence-electron chi connectivity index (χ4n) is 2.06. The summed E-state index contributed by atoms with van der Waals surface area (Å²) < 4.78 is 1.34. The molecule has 0 radical (unpaired) electrons. The Bertz CT molecular complexity index is 871. The van der Waals surface area contributed by atoms with Gasteiger partial charge in [0.2, 0.25) is 0 Å². The first kappa shape index (κ1) is 12.7. The van der Waals surface area contributed by atoms with Crippen LogP contribution in [0.4, 0.5) is 5.69 Å². The summed E-state index contributed by atoms with van der Waals surface area (Å²) in [6.07, 6.45) is 2.98. The molecule has 0 unspecified atom stereocenters. The van der Waals surface area contributed by atoms with Gasteiger partial charge in [0.25, 0.3) is 5.69 Å². The maximum absolute atomic E-state index is 11.0. The molecule has 0 spiro atoms. The standard InChI is InChI=1S/C13H8N4O4/c18-13(19)9-5-7-16(15-9)11-4-3-10(17(20)21)8-2-1-6-14-12(8)11/h1-7H,(H,18,19). The van der Waals surface area contributed by atoms with Crippen molar-refractivity contribution in [3.63, 3.8) is 0 Å². The summed E-state index contributed by atoms with van der Waals surface area (Å²) in [5.74, 6) is -1.15. The van der Waals surface area contributed by atoms with Crippen molar-refractivity contribution in [2.45, 2.75) is 0 Å². The second-order valence-electron chi connectivity index (χ2n) is 4.21. The van der Waals surface area contributed by atoms with Crippen LogP contribution in [-0.2, 0) is 0 Å². The molecule has 1 N–H and O–H groups in total. The van der Waals surface area contributed by atoms with Crippen LogP contribution >= 0.6 is 0 Å². The molecule has 2 heterocycles. The van der Waals surface area contributed by atoms with E-state index in [1.807, 2.05) is 0 Å². The van der Waals surface area contributed by atoms with Gasteiger partial charge in [0, 0.05) is 18.5 Å². The molecule has 0 saturated carbocycles. The molecule has 2 aromatic heterocycles. The smallest absolute Gasteiger partial charge is 0.356 e. The van der Waals surface area contributed by atoms with Crippen LogP contribution in [0.2, 0.25) is 0 Å². The summed E-state index contributed by atoms with van der Waals surface area (Å²) in [4.78, 5) is 25.6. The first-order valence-electron chi connectivity index (χ1n) is 5.89. The molecule has 8 nitrogen and oxygen atoms in total. The van der Waals surface area contributed by atoms with Crippen LogP contribution in [-0.4, -0.2) is 30.8 Å². The van der Waals surface area contributed by atoms with Gasteiger partial charge >= 0.3 is 5.97 Å². The highest BCUT2D eigenvalue weighted by Gasteiger charge is 2.17. The van der Waals surface area contributed by atoms with E-state index in [0.717, 1.165) is 0 Å². The molecule has 104 valence electrons. The number of aromatic carboxylic acids is 1. The Hall–Kier alpha value is -3.29. The number of hydrogen-bond donors (Lipinski definition) is 1. The molecule has 0 bridgehead atoms. The second kappa shape index (κ2) is 4.67. The quantitative estimate of drug-likeness (QED) is 0.581. The van der Waals surface area contributed by atoms with E-state index in [2.05, 4.69) is 10.1 Å². The lowest BCUT2D eigenvalue weighted by atomic mass is 10.1. The molecular weight excluding hydrogens is 276 g/mol. The second-order valence-corrected chi connectivity index (χ2v) is 4.21. The number of aromatic nitrogens is 3. The van der Waals surface area contributed by atoms with Gasteiger partial charge in [-0.1, -0.05) is 0 Å². The van der Waals surface area contributed by atoms with E-state index in [4.69, 9.17) is 5.11 Å². The summed E-state index contributed by atoms with van der Waals surface area (Å²) in [7, 11) is 0. The normalized spacial score (nSPS) is 10.7. The molecule has 0 aliphatic heterocycles. The Labute approximate surface area is 117 Å². The van der Waals surface area contributed by atoms with Crippen LogP contribution in [0.15, 0.2) is 42.7 Å². The summed E-state index contributed by atoms with van der Waals surface area (Å²) in [6, 6.07) is 7.38. The van der Waals surface area contributed by atoms with E-state index in [0.29, 0.717) is 16.6 Å². The van der Waals surface area contributed by atoms with Crippen LogP contribution in [0, 0.1) is 10.1 Å². The number of fused-ring (bicyclic) bond motifs is 1. The SMILES string of the molecule is O=C(O)c1ccn(-c2ccc([N+](=O)[O-])c3cccnc23)n1. The first-order chi connectivity index (χ1) is 10.1. The predicted octanol–water partition coefficient (Wildman–Crippen LogP) is 2.03. The number of hydrogen-bond acceptors (Lipinski definition) is 5. The fourth-order valence-corrected chi connectivity index (χ4v) is 2.06. The summed E-state index contributed by atoms with van der Waals surface area (Å²) >= 11 is 0. The predicted molar refractivity (Wildman–Crippen MR) is 72.5 cm³/mol. The molecule has 0 saturated heterocycles. The van der Waals surface area contributed by atoms with Gasteiger partial charge in [-0.15, -0.1) is 0 Å². The molecule has 0 fully saturated rings. The maximum atomic E-state index is 11.0. The summed E-state index contributed by atoms with van der Waals surface area (Å²) in [5, 5.41) is 24.2. The molecule has 21 heavy (non-hydrogen) atoms. The number of carbonyl (C=O) groups is 1. The average molecular weight is 284 g/mol. The number of rotatable bonds is 3. The summed E-state index contributed by atoms with van der Waals surface area (Å²) in [6.45, 7) is 0. The van der Waals surface area contributed by atoms with E-state index < -0.39 is 10.9 Å². The molecule has 8 heteroatoms. The third-order valence-electron chi connectivity index (χ3n) is 2.98. The van der Waals surface area contributed by atoms with E-state index in [1.54, 1.807) is 12.1 Å². The molecule has 0 amide bonds. The minimum atomic E-state index is -1.15. The van der Waals surface area contributed by atoms with Gasteiger partial charge in [0.05, 0.1) is 16.0 Å². The van der Waals surface area contributed by atoms with Crippen molar-refractivity contribution in [1.82, 2.24) is 14.8 Å². The van der Waals surface area contributed by atoms with Crippen molar-refractivity contribution in [3.05, 3.63) is 58.5 Å². The van der Waals surface area contributed by atoms with E-state index in [1.165, 1.54) is 35.3 Å². The van der Waals surface area contributed by atoms with Gasteiger partial charge in [-0.3, -0.25) is 15.1 Å². The molecule has 1 aromatic carbocycles. The van der Waals surface area contributed by atoms with Crippen LogP contribution in [0.25, 0.3) is 16.6 Å². The van der Waals surface area contributed by atoms with Gasteiger partial charge in [-0.05, 0) is 24.3 Å². The zero-order chi connectivity index (χ0) is 15.0. The number of nitro benzene ring substituents is 1. The molecule has 3 aromatic rings. The molecule has 0 aliphatic carbocycles. The molecule has 0 atom stereocenters. The Balaban J connectivity index is 2.26. The number of non-ortho nitro benzene ring substituents is 1. The largest absolute Gasteiger partial charge is 0.476 e. The number of carboxylic acid groups (broad SMARTS) is 1. The van der Waals surface area contributed by atoms with Crippen molar-refractivity contribution >= 4 is 22.6 Å². The van der Waals surface area contributed by atoms with Gasteiger partial charge in [0.1, 0.15) is 5.52 Å². The van der Waals surface area contributed by atoms with E-state index >= 15 is 0 Å². The lowest BCUT2D eigenvalue weighted by Crippen LogP contribution is -2.02. The number of nitrogens with zero attached hydrogens (tertiary/aromatic N) is 4. The minimum absolute atomic E-state index is 0.0625. The highest BCUT2D eigenvalue weighted by atomic mass is 16.6. The van der Waals surface area contributed by atoms with E-state index in [9.17, 15) is 14.9 Å². The fraction of sp³-hybridized carbons (Fsp3) is 0. The lowest BCUT2D eigenvalue weighted by Gasteiger charge is -2.06. The highest BCUT2D eigenvalue weighted by Crippen LogP contribution is 2.28. The maximum Gasteiger partial charge on any atom is 0.356 e. The Morgan fingerprint density at radius 3 is 2.76 bits per heavy atom. The lowest BCUT2D eigenvalue weighted by molar-refractivity contribution is -0.383. The Kier molecular flexibility index (Phi) is 2.83. The number of carboxylic acids is 1. The van der Waals surface area contributed by atoms with Crippen molar-refractivity contribution in [2.75, 3.05) is 0 Å². The van der Waals surface area contributed by atoms with Crippen molar-refractivity contribution in [1.29, 1.82) is 0 Å². The average Bonchev–Trinajstić information content (AvgIpc) is 2.95. The monoisotopic (exact) mass is 284 g/mol. The Morgan fingerprint density at radius 1 is 1.29 bits per heavy atom. The topological polar surface area (TPSA) is 111 Å². The van der Waals surface area contributed by atoms with Crippen molar-refractivity contribution < 1.29 is 14.8 Å². The van der Waals surface area contributed by atoms with Crippen LogP contribution in [0.1, 0.15) is 10.5 Å². The summed E-state index contributed by atoms with van der Waals surface area (Å²) in [5.41, 5.74) is 0.681. The zero-order valence-electron chi connectivity index (χ0n) is 10.5. The number of benzene rings is 1. The number of pyridine rings is 1. The first-order valence-corrected chi connectivity index (χ1v) is 5.89. The van der Waals surface area contributed by atoms with Gasteiger partial charge in [0.15, 0.2) is 5.69 Å². The number of nitro groups is 1. The zero-order valence-corrected chi connectivity index (χ0v) is 10.5. The van der Waals surface area contributed by atoms with Crippen LogP contribution < -0.4 is 0 Å². The van der Waals surface area contributed by atoms with Gasteiger partial charge in [-0.25, -0.2) is 9.48 Å². The Morgan fingerprint density at radius 2 is 2.10 bits per heavy atom. The molecule has 0 aliphatic rings. The third-order valence-corrected chi connectivity index (χ3v) is 2.98. The molecular formula is C13H8N4O4. The van der Waals surface area contributed by atoms with Crippen molar-refractivity contribution in [2.24, 2.45) is 0 Å². The van der Waals surface area contributed by atoms with Gasteiger partial charge in [-0.2, -0.15) is 5.10 Å². The third kappa shape index (κ3) is 2.08. The van der Waals surface area contributed by atoms with Crippen LogP contribution in [0.3, 0.4) is 0 Å².